The van der Waals surface area contributed by atoms with E-state index in [1.807, 2.05) is 0 Å². The molecule has 0 amide bonds. The largest absolute Gasteiger partial charge is 0.371 e. The summed E-state index contributed by atoms with van der Waals surface area (Å²) in [4.78, 5) is 2.58. The molecule has 1 fully saturated rings. The first-order valence-electron chi connectivity index (χ1n) is 7.41. The highest BCUT2D eigenvalue weighted by Gasteiger charge is 2.35. The van der Waals surface area contributed by atoms with Crippen molar-refractivity contribution in [2.45, 2.75) is 34.1 Å². The number of aryl methyl sites for hydroxylation is 2. The predicted octanol–water partition coefficient (Wildman–Crippen LogP) is 3.38. The van der Waals surface area contributed by atoms with Gasteiger partial charge in [0, 0.05) is 18.8 Å². The minimum Gasteiger partial charge on any atom is -0.371 e. The Labute approximate surface area is 118 Å². The van der Waals surface area contributed by atoms with Crippen LogP contribution in [0.3, 0.4) is 0 Å². The summed E-state index contributed by atoms with van der Waals surface area (Å²) >= 11 is 0. The van der Waals surface area contributed by atoms with E-state index in [-0.39, 0.29) is 0 Å². The van der Waals surface area contributed by atoms with Gasteiger partial charge in [0.15, 0.2) is 0 Å². The Balaban J connectivity index is 2.18. The highest BCUT2D eigenvalue weighted by Crippen LogP contribution is 2.37. The van der Waals surface area contributed by atoms with Crippen LogP contribution in [0.15, 0.2) is 18.2 Å². The Morgan fingerprint density at radius 2 is 2.05 bits per heavy atom. The smallest absolute Gasteiger partial charge is 0.0398 e. The lowest BCUT2D eigenvalue weighted by Crippen LogP contribution is -2.48. The molecule has 1 saturated heterocycles. The van der Waals surface area contributed by atoms with E-state index < -0.39 is 0 Å². The minimum atomic E-state index is 0.372. The molecule has 1 aliphatic heterocycles. The van der Waals surface area contributed by atoms with Crippen LogP contribution >= 0.6 is 0 Å². The quantitative estimate of drug-likeness (QED) is 0.896. The molecular weight excluding hydrogens is 232 g/mol. The topological polar surface area (TPSA) is 15.3 Å². The molecule has 1 N–H and O–H groups in total. The molecule has 0 saturated carbocycles. The van der Waals surface area contributed by atoms with Crippen LogP contribution in [0.4, 0.5) is 5.69 Å². The molecule has 0 aromatic heterocycles. The Bertz CT molecular complexity index is 437. The van der Waals surface area contributed by atoms with Crippen LogP contribution < -0.4 is 10.2 Å². The fourth-order valence-corrected chi connectivity index (χ4v) is 3.29. The van der Waals surface area contributed by atoms with Crippen LogP contribution in [0.5, 0.6) is 0 Å². The number of rotatable bonds is 3. The molecule has 1 aliphatic rings. The van der Waals surface area contributed by atoms with E-state index in [2.05, 4.69) is 63.2 Å². The van der Waals surface area contributed by atoms with Gasteiger partial charge in [-0.25, -0.2) is 0 Å². The van der Waals surface area contributed by atoms with E-state index in [0.717, 1.165) is 19.0 Å². The highest BCUT2D eigenvalue weighted by molar-refractivity contribution is 5.55. The van der Waals surface area contributed by atoms with Gasteiger partial charge in [-0.05, 0) is 62.4 Å². The fraction of sp³-hybridized carbons (Fsp3) is 0.647. The van der Waals surface area contributed by atoms with Gasteiger partial charge in [0.05, 0.1) is 0 Å². The molecule has 19 heavy (non-hydrogen) atoms. The molecule has 2 heteroatoms. The van der Waals surface area contributed by atoms with Gasteiger partial charge in [-0.2, -0.15) is 0 Å². The van der Waals surface area contributed by atoms with Crippen LogP contribution in [-0.4, -0.2) is 26.7 Å². The van der Waals surface area contributed by atoms with Crippen molar-refractivity contribution in [3.63, 3.8) is 0 Å². The van der Waals surface area contributed by atoms with Crippen molar-refractivity contribution < 1.29 is 0 Å². The lowest BCUT2D eigenvalue weighted by atomic mass is 9.73. The van der Waals surface area contributed by atoms with Crippen LogP contribution in [-0.2, 0) is 0 Å². The van der Waals surface area contributed by atoms with Crippen LogP contribution in [0.2, 0.25) is 0 Å². The number of nitrogens with one attached hydrogen (secondary N) is 1. The van der Waals surface area contributed by atoms with Crippen molar-refractivity contribution in [1.82, 2.24) is 5.32 Å². The third kappa shape index (κ3) is 3.11. The Kier molecular flexibility index (Phi) is 4.19. The molecule has 106 valence electrons. The summed E-state index contributed by atoms with van der Waals surface area (Å²) in [7, 11) is 2.06. The number of piperidine rings is 1. The van der Waals surface area contributed by atoms with E-state index in [0.29, 0.717) is 5.41 Å². The van der Waals surface area contributed by atoms with Gasteiger partial charge in [-0.3, -0.25) is 0 Å². The normalized spacial score (nSPS) is 22.6. The first-order valence-corrected chi connectivity index (χ1v) is 7.41. The zero-order chi connectivity index (χ0) is 14.0. The number of hydrogen-bond acceptors (Lipinski definition) is 2. The van der Waals surface area contributed by atoms with Gasteiger partial charge in [0.2, 0.25) is 0 Å². The lowest BCUT2D eigenvalue weighted by molar-refractivity contribution is 0.174. The van der Waals surface area contributed by atoms with E-state index >= 15 is 0 Å². The summed E-state index contributed by atoms with van der Waals surface area (Å²) in [6.07, 6.45) is 1.28. The maximum Gasteiger partial charge on any atom is 0.0398 e. The molecule has 1 unspecified atom stereocenters. The van der Waals surface area contributed by atoms with Crippen LogP contribution in [0.25, 0.3) is 0 Å². The van der Waals surface area contributed by atoms with E-state index in [1.54, 1.807) is 0 Å². The standard InChI is InChI=1S/C17H28N2/c1-13-6-7-14(2)16(10-13)19-9-8-15(11-18-5)17(3,4)12-19/h6-7,10,15,18H,8-9,11-12H2,1-5H3. The van der Waals surface area contributed by atoms with Gasteiger partial charge in [-0.15, -0.1) is 0 Å². The Morgan fingerprint density at radius 3 is 2.68 bits per heavy atom. The molecule has 1 aromatic carbocycles. The minimum absolute atomic E-state index is 0.372. The Hall–Kier alpha value is -1.02. The average Bonchev–Trinajstić information content (AvgIpc) is 2.34. The van der Waals surface area contributed by atoms with Crippen molar-refractivity contribution in [1.29, 1.82) is 0 Å². The number of benzene rings is 1. The summed E-state index contributed by atoms with van der Waals surface area (Å²) in [6.45, 7) is 12.7. The van der Waals surface area contributed by atoms with Crippen LogP contribution in [0, 0.1) is 25.2 Å². The fourth-order valence-electron chi connectivity index (χ4n) is 3.29. The zero-order valence-corrected chi connectivity index (χ0v) is 13.1. The third-order valence-electron chi connectivity index (χ3n) is 4.61. The molecule has 0 bridgehead atoms. The van der Waals surface area contributed by atoms with Gasteiger partial charge in [0.25, 0.3) is 0 Å². The summed E-state index contributed by atoms with van der Waals surface area (Å²) in [5, 5.41) is 3.35. The SMILES string of the molecule is CNCC1CCN(c2cc(C)ccc2C)CC1(C)C. The molecule has 2 nitrogen and oxygen atoms in total. The monoisotopic (exact) mass is 260 g/mol. The third-order valence-corrected chi connectivity index (χ3v) is 4.61. The number of hydrogen-bond donors (Lipinski definition) is 1. The van der Waals surface area contributed by atoms with E-state index in [1.165, 1.54) is 29.8 Å². The molecule has 1 heterocycles. The Morgan fingerprint density at radius 1 is 1.32 bits per heavy atom. The second kappa shape index (κ2) is 5.54. The molecule has 0 aliphatic carbocycles. The van der Waals surface area contributed by atoms with Crippen molar-refractivity contribution >= 4 is 5.69 Å². The first kappa shape index (κ1) is 14.4. The first-order chi connectivity index (χ1) is 8.94. The lowest BCUT2D eigenvalue weighted by Gasteiger charge is -2.46. The average molecular weight is 260 g/mol. The highest BCUT2D eigenvalue weighted by atomic mass is 15.1. The number of anilines is 1. The molecule has 1 atom stereocenters. The number of nitrogens with zero attached hydrogens (tertiary/aromatic N) is 1. The molecule has 2 rings (SSSR count). The van der Waals surface area contributed by atoms with E-state index in [4.69, 9.17) is 0 Å². The van der Waals surface area contributed by atoms with Crippen molar-refractivity contribution in [3.8, 4) is 0 Å². The van der Waals surface area contributed by atoms with Crippen LogP contribution in [0.1, 0.15) is 31.4 Å². The predicted molar refractivity (Wildman–Crippen MR) is 83.9 cm³/mol. The van der Waals surface area contributed by atoms with Gasteiger partial charge in [0.1, 0.15) is 0 Å². The molecule has 0 spiro atoms. The second-order valence-electron chi connectivity index (χ2n) is 6.74. The van der Waals surface area contributed by atoms with Gasteiger partial charge < -0.3 is 10.2 Å². The van der Waals surface area contributed by atoms with Crippen molar-refractivity contribution in [2.75, 3.05) is 31.6 Å². The second-order valence-corrected chi connectivity index (χ2v) is 6.74. The molecule has 1 aromatic rings. The van der Waals surface area contributed by atoms with Gasteiger partial charge >= 0.3 is 0 Å². The zero-order valence-electron chi connectivity index (χ0n) is 13.1. The summed E-state index contributed by atoms with van der Waals surface area (Å²) in [5.41, 5.74) is 4.55. The summed E-state index contributed by atoms with van der Waals surface area (Å²) in [6, 6.07) is 6.79. The summed E-state index contributed by atoms with van der Waals surface area (Å²) in [5.74, 6) is 0.777. The molecule has 0 radical (unpaired) electrons. The maximum atomic E-state index is 3.35. The van der Waals surface area contributed by atoms with Crippen molar-refractivity contribution in [2.24, 2.45) is 11.3 Å². The van der Waals surface area contributed by atoms with E-state index in [9.17, 15) is 0 Å². The van der Waals surface area contributed by atoms with Gasteiger partial charge in [-0.1, -0.05) is 26.0 Å². The maximum absolute atomic E-state index is 3.35. The summed E-state index contributed by atoms with van der Waals surface area (Å²) < 4.78 is 0. The molecular formula is C17H28N2. The van der Waals surface area contributed by atoms with Crippen molar-refractivity contribution in [3.05, 3.63) is 29.3 Å².